The molecule has 1 saturated carbocycles. The first-order chi connectivity index (χ1) is 12.4. The lowest BCUT2D eigenvalue weighted by atomic mass is 10.1. The van der Waals surface area contributed by atoms with Crippen LogP contribution >= 0.6 is 0 Å². The van der Waals surface area contributed by atoms with Crippen molar-refractivity contribution in [1.82, 2.24) is 4.90 Å². The number of benzene rings is 1. The molecule has 1 aliphatic rings. The van der Waals surface area contributed by atoms with E-state index in [1.54, 1.807) is 19.1 Å². The van der Waals surface area contributed by atoms with Crippen molar-refractivity contribution in [2.24, 2.45) is 5.92 Å². The topological polar surface area (TPSA) is 66.8 Å². The van der Waals surface area contributed by atoms with E-state index in [2.05, 4.69) is 17.9 Å². The number of phenols is 1. The average Bonchev–Trinajstić information content (AvgIpc) is 3.13. The van der Waals surface area contributed by atoms with E-state index in [1.807, 2.05) is 13.1 Å². The number of fused-ring (bicyclic) bond motifs is 1. The van der Waals surface area contributed by atoms with Gasteiger partial charge in [-0.25, -0.2) is 4.79 Å². The van der Waals surface area contributed by atoms with Crippen molar-refractivity contribution in [1.29, 1.82) is 0 Å². The highest BCUT2D eigenvalue weighted by Gasteiger charge is 2.36. The summed E-state index contributed by atoms with van der Waals surface area (Å²) in [5, 5.41) is 10.7. The van der Waals surface area contributed by atoms with E-state index >= 15 is 0 Å². The molecule has 0 radical (unpaired) electrons. The average molecular weight is 353 g/mol. The molecule has 5 nitrogen and oxygen atoms in total. The number of aryl methyl sites for hydroxylation is 1. The fourth-order valence-electron chi connectivity index (χ4n) is 3.56. The van der Waals surface area contributed by atoms with Crippen molar-refractivity contribution in [2.75, 3.05) is 7.05 Å². The van der Waals surface area contributed by atoms with Crippen molar-refractivity contribution < 1.29 is 13.9 Å². The number of hydrogen-bond acceptors (Lipinski definition) is 5. The van der Waals surface area contributed by atoms with E-state index in [-0.39, 0.29) is 5.75 Å². The third-order valence-corrected chi connectivity index (χ3v) is 5.24. The molecule has 2 aromatic heterocycles. The molecule has 0 amide bonds. The fraction of sp³-hybridized carbons (Fsp3) is 0.381. The molecule has 0 bridgehead atoms. The fourth-order valence-corrected chi connectivity index (χ4v) is 3.56. The van der Waals surface area contributed by atoms with Crippen LogP contribution in [0.3, 0.4) is 0 Å². The zero-order chi connectivity index (χ0) is 18.4. The molecule has 0 spiro atoms. The van der Waals surface area contributed by atoms with Gasteiger partial charge in [0.2, 0.25) is 0 Å². The molecule has 0 aliphatic heterocycles. The normalized spacial score (nSPS) is 19.4. The van der Waals surface area contributed by atoms with Gasteiger partial charge in [0.1, 0.15) is 22.9 Å². The molecule has 1 fully saturated rings. The lowest BCUT2D eigenvalue weighted by Crippen LogP contribution is -2.18. The van der Waals surface area contributed by atoms with Crippen LogP contribution in [0.5, 0.6) is 5.75 Å². The van der Waals surface area contributed by atoms with Gasteiger partial charge in [-0.15, -0.1) is 0 Å². The highest BCUT2D eigenvalue weighted by molar-refractivity contribution is 5.84. The van der Waals surface area contributed by atoms with Crippen molar-refractivity contribution in [3.05, 3.63) is 63.4 Å². The minimum absolute atomic E-state index is 0.128. The summed E-state index contributed by atoms with van der Waals surface area (Å²) in [6.45, 7) is 5.24. The maximum Gasteiger partial charge on any atom is 0.336 e. The smallest absolute Gasteiger partial charge is 0.336 e. The Hall–Kier alpha value is -2.53. The summed E-state index contributed by atoms with van der Waals surface area (Å²) in [5.74, 6) is 3.44. The Labute approximate surface area is 151 Å². The quantitative estimate of drug-likeness (QED) is 0.698. The third kappa shape index (κ3) is 3.15. The largest absolute Gasteiger partial charge is 0.508 e. The molecular formula is C21H23NO4. The van der Waals surface area contributed by atoms with Gasteiger partial charge in [-0.05, 0) is 56.1 Å². The van der Waals surface area contributed by atoms with Gasteiger partial charge in [0.25, 0.3) is 0 Å². The molecule has 136 valence electrons. The molecule has 1 aromatic carbocycles. The van der Waals surface area contributed by atoms with E-state index in [1.165, 1.54) is 12.5 Å². The van der Waals surface area contributed by atoms with Crippen LogP contribution in [0.2, 0.25) is 0 Å². The Morgan fingerprint density at radius 1 is 1.19 bits per heavy atom. The van der Waals surface area contributed by atoms with Crippen LogP contribution in [0.25, 0.3) is 11.0 Å². The van der Waals surface area contributed by atoms with E-state index in [0.717, 1.165) is 28.4 Å². The van der Waals surface area contributed by atoms with Crippen molar-refractivity contribution in [2.45, 2.75) is 39.3 Å². The molecule has 5 heteroatoms. The minimum atomic E-state index is -0.405. The van der Waals surface area contributed by atoms with Crippen LogP contribution in [0.15, 0.2) is 44.0 Å². The lowest BCUT2D eigenvalue weighted by molar-refractivity contribution is 0.283. The summed E-state index contributed by atoms with van der Waals surface area (Å²) in [6, 6.07) is 9.07. The predicted molar refractivity (Wildman–Crippen MR) is 99.3 cm³/mol. The van der Waals surface area contributed by atoms with Gasteiger partial charge in [0, 0.05) is 29.5 Å². The summed E-state index contributed by atoms with van der Waals surface area (Å²) >= 11 is 0. The Morgan fingerprint density at radius 3 is 2.69 bits per heavy atom. The van der Waals surface area contributed by atoms with Crippen LogP contribution in [-0.2, 0) is 13.1 Å². The SMILES string of the molecule is Cc1c(O)ccc2c(CN(C)Cc3ccc([C@@H]4C[C@H]4C)o3)cc(=O)oc12. The maximum absolute atomic E-state index is 11.9. The highest BCUT2D eigenvalue weighted by atomic mass is 16.4. The first-order valence-electron chi connectivity index (χ1n) is 8.95. The molecule has 1 N–H and O–H groups in total. The van der Waals surface area contributed by atoms with Crippen molar-refractivity contribution in [3.63, 3.8) is 0 Å². The van der Waals surface area contributed by atoms with Crippen molar-refractivity contribution in [3.8, 4) is 5.75 Å². The number of hydrogen-bond donors (Lipinski definition) is 1. The van der Waals surface area contributed by atoms with Gasteiger partial charge in [-0.1, -0.05) is 6.92 Å². The van der Waals surface area contributed by atoms with Gasteiger partial charge < -0.3 is 13.9 Å². The summed E-state index contributed by atoms with van der Waals surface area (Å²) in [6.07, 6.45) is 1.21. The summed E-state index contributed by atoms with van der Waals surface area (Å²) in [5.41, 5.74) is 1.50. The number of aromatic hydroxyl groups is 1. The summed E-state index contributed by atoms with van der Waals surface area (Å²) < 4.78 is 11.3. The maximum atomic E-state index is 11.9. The molecule has 0 saturated heterocycles. The van der Waals surface area contributed by atoms with E-state index in [0.29, 0.717) is 30.2 Å². The van der Waals surface area contributed by atoms with Gasteiger partial charge in [0.15, 0.2) is 0 Å². The van der Waals surface area contributed by atoms with E-state index in [9.17, 15) is 9.90 Å². The van der Waals surface area contributed by atoms with Crippen LogP contribution < -0.4 is 5.63 Å². The summed E-state index contributed by atoms with van der Waals surface area (Å²) in [4.78, 5) is 14.0. The van der Waals surface area contributed by atoms with Gasteiger partial charge in [-0.2, -0.15) is 0 Å². The third-order valence-electron chi connectivity index (χ3n) is 5.24. The molecule has 0 unspecified atom stereocenters. The number of rotatable bonds is 5. The Morgan fingerprint density at radius 2 is 1.96 bits per heavy atom. The van der Waals surface area contributed by atoms with Crippen LogP contribution in [0, 0.1) is 12.8 Å². The zero-order valence-corrected chi connectivity index (χ0v) is 15.3. The molecule has 3 aromatic rings. The zero-order valence-electron chi connectivity index (χ0n) is 15.3. The number of phenolic OH excluding ortho intramolecular Hbond substituents is 1. The highest BCUT2D eigenvalue weighted by Crippen LogP contribution is 2.47. The summed E-state index contributed by atoms with van der Waals surface area (Å²) in [7, 11) is 2.00. The number of furan rings is 1. The minimum Gasteiger partial charge on any atom is -0.508 e. The molecular weight excluding hydrogens is 330 g/mol. The van der Waals surface area contributed by atoms with Gasteiger partial charge >= 0.3 is 5.63 Å². The van der Waals surface area contributed by atoms with E-state index < -0.39 is 5.63 Å². The molecule has 26 heavy (non-hydrogen) atoms. The van der Waals surface area contributed by atoms with E-state index in [4.69, 9.17) is 8.83 Å². The first-order valence-corrected chi connectivity index (χ1v) is 8.95. The lowest BCUT2D eigenvalue weighted by Gasteiger charge is -2.16. The molecule has 2 atom stereocenters. The molecule has 2 heterocycles. The predicted octanol–water partition coefficient (Wildman–Crippen LogP) is 4.16. The second-order valence-electron chi connectivity index (χ2n) is 7.47. The molecule has 1 aliphatic carbocycles. The second kappa shape index (κ2) is 6.32. The van der Waals surface area contributed by atoms with Crippen LogP contribution in [0.4, 0.5) is 0 Å². The van der Waals surface area contributed by atoms with Crippen LogP contribution in [-0.4, -0.2) is 17.1 Å². The Kier molecular flexibility index (Phi) is 4.11. The molecule has 4 rings (SSSR count). The van der Waals surface area contributed by atoms with Gasteiger partial charge in [0.05, 0.1) is 6.54 Å². The van der Waals surface area contributed by atoms with Crippen molar-refractivity contribution >= 4 is 11.0 Å². The Balaban J connectivity index is 1.55. The first kappa shape index (κ1) is 16.9. The monoisotopic (exact) mass is 353 g/mol. The Bertz CT molecular complexity index is 1020. The second-order valence-corrected chi connectivity index (χ2v) is 7.47. The van der Waals surface area contributed by atoms with Crippen LogP contribution in [0.1, 0.15) is 41.9 Å². The number of nitrogens with zero attached hydrogens (tertiary/aromatic N) is 1. The standard InChI is InChI=1S/C21H23NO4/c1-12-8-17(12)19-7-4-15(25-19)11-22(3)10-14-9-20(24)26-21-13(2)18(23)6-5-16(14)21/h4-7,9,12,17,23H,8,10-11H2,1-3H3/t12-,17-/m1/s1. The van der Waals surface area contributed by atoms with Gasteiger partial charge in [-0.3, -0.25) is 4.90 Å².